The zero-order valence-electron chi connectivity index (χ0n) is 12.5. The highest BCUT2D eigenvalue weighted by molar-refractivity contribution is 7.99. The van der Waals surface area contributed by atoms with Gasteiger partial charge in [0.15, 0.2) is 0 Å². The maximum Gasteiger partial charge on any atom is 0.272 e. The van der Waals surface area contributed by atoms with Crippen molar-refractivity contribution < 1.29 is 4.79 Å². The zero-order chi connectivity index (χ0) is 16.0. The molecule has 22 heavy (non-hydrogen) atoms. The van der Waals surface area contributed by atoms with Crippen LogP contribution in [-0.4, -0.2) is 20.3 Å². The molecule has 0 bridgehead atoms. The van der Waals surface area contributed by atoms with Gasteiger partial charge < -0.3 is 10.3 Å². The normalized spacial score (nSPS) is 11.2. The van der Waals surface area contributed by atoms with E-state index in [1.54, 1.807) is 22.4 Å². The van der Waals surface area contributed by atoms with E-state index in [1.165, 1.54) is 11.8 Å². The minimum atomic E-state index is -0.451. The molecule has 0 aliphatic rings. The molecule has 2 aromatic heterocycles. The van der Waals surface area contributed by atoms with Crippen molar-refractivity contribution in [2.24, 2.45) is 19.8 Å². The highest BCUT2D eigenvalue weighted by Crippen LogP contribution is 2.33. The fraction of sp³-hybridized carbons (Fsp3) is 0.200. The highest BCUT2D eigenvalue weighted by Gasteiger charge is 2.14. The van der Waals surface area contributed by atoms with Crippen LogP contribution in [0.25, 0.3) is 10.9 Å². The summed E-state index contributed by atoms with van der Waals surface area (Å²) in [6.07, 6.45) is 0. The molecule has 2 heterocycles. The summed E-state index contributed by atoms with van der Waals surface area (Å²) < 4.78 is 3.48. The number of aromatic amines is 1. The molecule has 6 nitrogen and oxygen atoms in total. The van der Waals surface area contributed by atoms with Crippen LogP contribution in [0.1, 0.15) is 16.2 Å². The minimum Gasteiger partial charge on any atom is -0.364 e. The third-order valence-electron chi connectivity index (χ3n) is 3.81. The van der Waals surface area contributed by atoms with Crippen molar-refractivity contribution in [2.45, 2.75) is 16.7 Å². The molecule has 0 fully saturated rings. The second kappa shape index (κ2) is 5.10. The fourth-order valence-electron chi connectivity index (χ4n) is 2.46. The van der Waals surface area contributed by atoms with E-state index in [0.29, 0.717) is 11.1 Å². The van der Waals surface area contributed by atoms with Gasteiger partial charge in [0.1, 0.15) is 5.69 Å². The Balaban J connectivity index is 2.03. The maximum atomic E-state index is 11.9. The van der Waals surface area contributed by atoms with Gasteiger partial charge in [-0.15, -0.1) is 0 Å². The Morgan fingerprint density at radius 2 is 2.00 bits per heavy atom. The van der Waals surface area contributed by atoms with Gasteiger partial charge in [-0.3, -0.25) is 19.4 Å². The predicted octanol–water partition coefficient (Wildman–Crippen LogP) is 1.76. The number of aryl methyl sites for hydroxylation is 1. The first-order valence-corrected chi connectivity index (χ1v) is 7.53. The van der Waals surface area contributed by atoms with Crippen LogP contribution in [0.2, 0.25) is 0 Å². The van der Waals surface area contributed by atoms with Gasteiger partial charge in [0.2, 0.25) is 0 Å². The van der Waals surface area contributed by atoms with Crippen molar-refractivity contribution >= 4 is 28.6 Å². The lowest BCUT2D eigenvalue weighted by Crippen LogP contribution is -2.15. The first kappa shape index (κ1) is 14.5. The number of nitrogens with zero attached hydrogens (tertiary/aromatic N) is 2. The van der Waals surface area contributed by atoms with Crippen molar-refractivity contribution in [3.8, 4) is 0 Å². The summed E-state index contributed by atoms with van der Waals surface area (Å²) in [6, 6.07) is 7.50. The minimum absolute atomic E-state index is 0.109. The number of amides is 1. The molecule has 3 rings (SSSR count). The number of fused-ring (bicyclic) bond motifs is 1. The number of nitrogens with one attached hydrogen (secondary N) is 1. The van der Waals surface area contributed by atoms with E-state index in [9.17, 15) is 9.59 Å². The van der Waals surface area contributed by atoms with Crippen molar-refractivity contribution in [3.63, 3.8) is 0 Å². The lowest BCUT2D eigenvalue weighted by atomic mass is 10.2. The molecule has 0 aliphatic carbocycles. The molecule has 7 heteroatoms. The zero-order valence-corrected chi connectivity index (χ0v) is 13.3. The molecule has 1 amide bonds. The Labute approximate surface area is 130 Å². The second-order valence-electron chi connectivity index (χ2n) is 5.18. The lowest BCUT2D eigenvalue weighted by molar-refractivity contribution is 0.0992. The van der Waals surface area contributed by atoms with Gasteiger partial charge in [-0.2, -0.15) is 0 Å². The standard InChI is InChI=1S/C15H16N4O2S/c1-8-13(7-12(14(16)20)18(8)2)22-9-4-5-11-10(6-9)15(21)17-19(11)3/h4-7H,1-3H3,(H2,16,20)(H,17,21). The predicted molar refractivity (Wildman–Crippen MR) is 86.3 cm³/mol. The van der Waals surface area contributed by atoms with Crippen molar-refractivity contribution in [1.29, 1.82) is 0 Å². The molecule has 0 radical (unpaired) electrons. The molecule has 3 aromatic rings. The Hall–Kier alpha value is -2.41. The van der Waals surface area contributed by atoms with Gasteiger partial charge in [-0.05, 0) is 31.2 Å². The SMILES string of the molecule is Cc1c(Sc2ccc3c(c2)c(=O)[nH]n3C)cc(C(N)=O)n1C. The van der Waals surface area contributed by atoms with E-state index in [1.807, 2.05) is 32.2 Å². The molecule has 1 aromatic carbocycles. The van der Waals surface area contributed by atoms with Crippen LogP contribution in [0.3, 0.4) is 0 Å². The first-order valence-electron chi connectivity index (χ1n) is 6.71. The average Bonchev–Trinajstić information content (AvgIpc) is 2.90. The summed E-state index contributed by atoms with van der Waals surface area (Å²) in [7, 11) is 3.61. The van der Waals surface area contributed by atoms with E-state index in [0.717, 1.165) is 21.0 Å². The Morgan fingerprint density at radius 3 is 2.64 bits per heavy atom. The summed E-state index contributed by atoms with van der Waals surface area (Å²) in [5.41, 5.74) is 7.55. The Bertz CT molecular complexity index is 948. The summed E-state index contributed by atoms with van der Waals surface area (Å²) >= 11 is 1.51. The summed E-state index contributed by atoms with van der Waals surface area (Å²) in [6.45, 7) is 1.93. The lowest BCUT2D eigenvalue weighted by Gasteiger charge is -2.03. The van der Waals surface area contributed by atoms with Crippen LogP contribution >= 0.6 is 11.8 Å². The van der Waals surface area contributed by atoms with Gasteiger partial charge in [0.05, 0.1) is 10.9 Å². The third kappa shape index (κ3) is 2.23. The fourth-order valence-corrected chi connectivity index (χ4v) is 3.49. The largest absolute Gasteiger partial charge is 0.364 e. The van der Waals surface area contributed by atoms with Crippen LogP contribution in [0, 0.1) is 6.92 Å². The number of aromatic nitrogens is 3. The molecule has 3 N–H and O–H groups in total. The van der Waals surface area contributed by atoms with Crippen LogP contribution < -0.4 is 11.3 Å². The quantitative estimate of drug-likeness (QED) is 0.772. The Kier molecular flexibility index (Phi) is 3.37. The van der Waals surface area contributed by atoms with Gasteiger partial charge in [0.25, 0.3) is 11.5 Å². The van der Waals surface area contributed by atoms with Crippen LogP contribution in [-0.2, 0) is 14.1 Å². The van der Waals surface area contributed by atoms with Gasteiger partial charge in [-0.1, -0.05) is 11.8 Å². The molecule has 114 valence electrons. The number of primary amides is 1. The summed E-state index contributed by atoms with van der Waals surface area (Å²) in [4.78, 5) is 25.2. The van der Waals surface area contributed by atoms with Gasteiger partial charge in [0, 0.05) is 29.6 Å². The highest BCUT2D eigenvalue weighted by atomic mass is 32.2. The van der Waals surface area contributed by atoms with Gasteiger partial charge in [-0.25, -0.2) is 0 Å². The van der Waals surface area contributed by atoms with Crippen molar-refractivity contribution in [1.82, 2.24) is 14.3 Å². The number of benzene rings is 1. The molecule has 0 aliphatic heterocycles. The van der Waals surface area contributed by atoms with E-state index >= 15 is 0 Å². The molecule has 0 saturated carbocycles. The van der Waals surface area contributed by atoms with Crippen LogP contribution in [0.15, 0.2) is 38.9 Å². The first-order chi connectivity index (χ1) is 10.4. The summed E-state index contributed by atoms with van der Waals surface area (Å²) in [5.74, 6) is -0.451. The van der Waals surface area contributed by atoms with E-state index in [-0.39, 0.29) is 5.56 Å². The number of carbonyl (C=O) groups is 1. The second-order valence-corrected chi connectivity index (χ2v) is 6.30. The van der Waals surface area contributed by atoms with E-state index < -0.39 is 5.91 Å². The molecule has 0 unspecified atom stereocenters. The number of nitrogens with two attached hydrogens (primary N) is 1. The number of H-pyrrole nitrogens is 1. The number of hydrogen-bond acceptors (Lipinski definition) is 3. The molecule has 0 spiro atoms. The molecular weight excluding hydrogens is 300 g/mol. The maximum absolute atomic E-state index is 11.9. The third-order valence-corrected chi connectivity index (χ3v) is 4.94. The monoisotopic (exact) mass is 316 g/mol. The van der Waals surface area contributed by atoms with Gasteiger partial charge >= 0.3 is 0 Å². The van der Waals surface area contributed by atoms with E-state index in [4.69, 9.17) is 5.73 Å². The van der Waals surface area contributed by atoms with Crippen LogP contribution in [0.5, 0.6) is 0 Å². The number of rotatable bonds is 3. The number of carbonyl (C=O) groups excluding carboxylic acids is 1. The van der Waals surface area contributed by atoms with Crippen molar-refractivity contribution in [2.75, 3.05) is 0 Å². The Morgan fingerprint density at radius 1 is 1.27 bits per heavy atom. The van der Waals surface area contributed by atoms with E-state index in [2.05, 4.69) is 5.10 Å². The number of hydrogen-bond donors (Lipinski definition) is 2. The van der Waals surface area contributed by atoms with Crippen LogP contribution in [0.4, 0.5) is 0 Å². The smallest absolute Gasteiger partial charge is 0.272 e. The summed E-state index contributed by atoms with van der Waals surface area (Å²) in [5, 5.41) is 3.38. The molecule has 0 saturated heterocycles. The topological polar surface area (TPSA) is 85.8 Å². The molecule has 0 atom stereocenters. The average molecular weight is 316 g/mol. The van der Waals surface area contributed by atoms with Crippen molar-refractivity contribution in [3.05, 3.63) is 46.0 Å². The molecular formula is C15H16N4O2S.